The minimum atomic E-state index is -1.11. The molecule has 8 heteroatoms. The van der Waals surface area contributed by atoms with Gasteiger partial charge in [0, 0.05) is 17.5 Å². The number of thiazole rings is 1. The molecule has 0 aliphatic rings. The SMILES string of the molecule is CCCN(CC(=O)O)C(=O)c1csc(-c2ccc(F)c(F)c2)n1. The lowest BCUT2D eigenvalue weighted by atomic mass is 10.2. The van der Waals surface area contributed by atoms with Gasteiger partial charge in [0.15, 0.2) is 11.6 Å². The summed E-state index contributed by atoms with van der Waals surface area (Å²) in [7, 11) is 0. The van der Waals surface area contributed by atoms with E-state index in [4.69, 9.17) is 5.11 Å². The second kappa shape index (κ2) is 7.28. The summed E-state index contributed by atoms with van der Waals surface area (Å²) in [6, 6.07) is 3.36. The van der Waals surface area contributed by atoms with Crippen molar-refractivity contribution in [3.05, 3.63) is 40.9 Å². The molecule has 0 aliphatic heterocycles. The summed E-state index contributed by atoms with van der Waals surface area (Å²) >= 11 is 1.10. The van der Waals surface area contributed by atoms with E-state index in [0.29, 0.717) is 23.5 Å². The monoisotopic (exact) mass is 340 g/mol. The fourth-order valence-electron chi connectivity index (χ4n) is 1.98. The molecule has 0 spiro atoms. The van der Waals surface area contributed by atoms with Gasteiger partial charge < -0.3 is 10.0 Å². The maximum Gasteiger partial charge on any atom is 0.323 e. The molecule has 1 heterocycles. The van der Waals surface area contributed by atoms with E-state index in [-0.39, 0.29) is 5.69 Å². The van der Waals surface area contributed by atoms with E-state index in [1.807, 2.05) is 6.92 Å². The van der Waals surface area contributed by atoms with Crippen molar-refractivity contribution < 1.29 is 23.5 Å². The number of aromatic nitrogens is 1. The molecule has 0 atom stereocenters. The van der Waals surface area contributed by atoms with Crippen molar-refractivity contribution in [2.45, 2.75) is 13.3 Å². The number of halogens is 2. The standard InChI is InChI=1S/C15H14F2N2O3S/c1-2-5-19(7-13(20)21)15(22)12-8-23-14(18-12)9-3-4-10(16)11(17)6-9/h3-4,6,8H,2,5,7H2,1H3,(H,20,21). The van der Waals surface area contributed by atoms with E-state index in [9.17, 15) is 18.4 Å². The summed E-state index contributed by atoms with van der Waals surface area (Å²) < 4.78 is 26.2. The van der Waals surface area contributed by atoms with Crippen molar-refractivity contribution in [2.75, 3.05) is 13.1 Å². The molecule has 0 radical (unpaired) electrons. The van der Waals surface area contributed by atoms with Crippen LogP contribution in [-0.2, 0) is 4.79 Å². The second-order valence-corrected chi connectivity index (χ2v) is 5.65. The normalized spacial score (nSPS) is 10.6. The first-order valence-corrected chi connectivity index (χ1v) is 7.72. The van der Waals surface area contributed by atoms with Crippen LogP contribution in [0, 0.1) is 11.6 Å². The topological polar surface area (TPSA) is 70.5 Å². The zero-order valence-corrected chi connectivity index (χ0v) is 13.1. The van der Waals surface area contributed by atoms with Crippen LogP contribution in [0.25, 0.3) is 10.6 Å². The third-order valence-corrected chi connectivity index (χ3v) is 3.89. The highest BCUT2D eigenvalue weighted by Gasteiger charge is 2.21. The van der Waals surface area contributed by atoms with Crippen LogP contribution in [0.1, 0.15) is 23.8 Å². The fraction of sp³-hybridized carbons (Fsp3) is 0.267. The second-order valence-electron chi connectivity index (χ2n) is 4.79. The van der Waals surface area contributed by atoms with Crippen LogP contribution in [0.15, 0.2) is 23.6 Å². The molecule has 0 unspecified atom stereocenters. The molecule has 1 N–H and O–H groups in total. The molecular weight excluding hydrogens is 326 g/mol. The average molecular weight is 340 g/mol. The number of nitrogens with zero attached hydrogens (tertiary/aromatic N) is 2. The van der Waals surface area contributed by atoms with E-state index >= 15 is 0 Å². The summed E-state index contributed by atoms with van der Waals surface area (Å²) in [5.41, 5.74) is 0.442. The molecule has 23 heavy (non-hydrogen) atoms. The Bertz CT molecular complexity index is 733. The molecule has 0 saturated carbocycles. The van der Waals surface area contributed by atoms with Crippen LogP contribution in [0.5, 0.6) is 0 Å². The van der Waals surface area contributed by atoms with Crippen LogP contribution < -0.4 is 0 Å². The van der Waals surface area contributed by atoms with Crippen LogP contribution in [-0.4, -0.2) is 40.0 Å². The molecule has 1 aromatic carbocycles. The van der Waals surface area contributed by atoms with Crippen molar-refractivity contribution in [1.29, 1.82) is 0 Å². The van der Waals surface area contributed by atoms with Crippen molar-refractivity contribution >= 4 is 23.2 Å². The maximum absolute atomic E-state index is 13.3. The molecule has 0 aliphatic carbocycles. The molecule has 1 aromatic heterocycles. The zero-order chi connectivity index (χ0) is 17.0. The smallest absolute Gasteiger partial charge is 0.323 e. The summed E-state index contributed by atoms with van der Waals surface area (Å²) in [5.74, 6) is -3.57. The van der Waals surface area contributed by atoms with Gasteiger partial charge in [-0.3, -0.25) is 9.59 Å². The van der Waals surface area contributed by atoms with Gasteiger partial charge in [-0.05, 0) is 24.6 Å². The summed E-state index contributed by atoms with van der Waals surface area (Å²) in [6.07, 6.45) is 0.610. The summed E-state index contributed by atoms with van der Waals surface area (Å²) in [4.78, 5) is 28.4. The van der Waals surface area contributed by atoms with Gasteiger partial charge in [0.25, 0.3) is 5.91 Å². The Morgan fingerprint density at radius 3 is 2.65 bits per heavy atom. The predicted octanol–water partition coefficient (Wildman–Crippen LogP) is 3.03. The first kappa shape index (κ1) is 17.0. The zero-order valence-electron chi connectivity index (χ0n) is 12.3. The largest absolute Gasteiger partial charge is 0.480 e. The lowest BCUT2D eigenvalue weighted by Crippen LogP contribution is -2.36. The number of rotatable bonds is 6. The Balaban J connectivity index is 2.24. The Morgan fingerprint density at radius 2 is 2.04 bits per heavy atom. The highest BCUT2D eigenvalue weighted by Crippen LogP contribution is 2.25. The van der Waals surface area contributed by atoms with Crippen LogP contribution in [0.2, 0.25) is 0 Å². The summed E-state index contributed by atoms with van der Waals surface area (Å²) in [5, 5.41) is 10.7. The van der Waals surface area contributed by atoms with Crippen LogP contribution in [0.4, 0.5) is 8.78 Å². The quantitative estimate of drug-likeness (QED) is 0.877. The van der Waals surface area contributed by atoms with Crippen molar-refractivity contribution in [3.8, 4) is 10.6 Å². The Hall–Kier alpha value is -2.35. The number of hydrogen-bond acceptors (Lipinski definition) is 4. The molecule has 5 nitrogen and oxygen atoms in total. The van der Waals surface area contributed by atoms with Crippen molar-refractivity contribution in [3.63, 3.8) is 0 Å². The molecular formula is C15H14F2N2O3S. The molecule has 2 aromatic rings. The first-order valence-electron chi connectivity index (χ1n) is 6.84. The number of aliphatic carboxylic acids is 1. The number of carbonyl (C=O) groups is 2. The van der Waals surface area contributed by atoms with Gasteiger partial charge in [0.1, 0.15) is 17.2 Å². The number of carbonyl (C=O) groups excluding carboxylic acids is 1. The van der Waals surface area contributed by atoms with E-state index in [2.05, 4.69) is 4.98 Å². The van der Waals surface area contributed by atoms with Crippen molar-refractivity contribution in [2.24, 2.45) is 0 Å². The Labute approximate surface area is 135 Å². The predicted molar refractivity (Wildman–Crippen MR) is 81.3 cm³/mol. The molecule has 122 valence electrons. The van der Waals surface area contributed by atoms with E-state index in [1.54, 1.807) is 0 Å². The first-order chi connectivity index (χ1) is 10.9. The van der Waals surface area contributed by atoms with Gasteiger partial charge in [-0.1, -0.05) is 6.92 Å². The van der Waals surface area contributed by atoms with Gasteiger partial charge in [-0.25, -0.2) is 13.8 Å². The molecule has 0 saturated heterocycles. The summed E-state index contributed by atoms with van der Waals surface area (Å²) in [6.45, 7) is 1.71. The average Bonchev–Trinajstić information content (AvgIpc) is 2.98. The minimum Gasteiger partial charge on any atom is -0.480 e. The Kier molecular flexibility index (Phi) is 5.38. The highest BCUT2D eigenvalue weighted by atomic mass is 32.1. The number of amides is 1. The Morgan fingerprint density at radius 1 is 1.30 bits per heavy atom. The van der Waals surface area contributed by atoms with E-state index in [1.165, 1.54) is 16.3 Å². The molecule has 0 fully saturated rings. The lowest BCUT2D eigenvalue weighted by molar-refractivity contribution is -0.137. The highest BCUT2D eigenvalue weighted by molar-refractivity contribution is 7.13. The number of benzene rings is 1. The molecule has 2 rings (SSSR count). The fourth-order valence-corrected chi connectivity index (χ4v) is 2.77. The van der Waals surface area contributed by atoms with E-state index < -0.39 is 30.1 Å². The van der Waals surface area contributed by atoms with Gasteiger partial charge >= 0.3 is 5.97 Å². The third-order valence-electron chi connectivity index (χ3n) is 3.00. The van der Waals surface area contributed by atoms with Crippen molar-refractivity contribution in [1.82, 2.24) is 9.88 Å². The maximum atomic E-state index is 13.3. The number of hydrogen-bond donors (Lipinski definition) is 1. The van der Waals surface area contributed by atoms with Gasteiger partial charge in [0.2, 0.25) is 0 Å². The van der Waals surface area contributed by atoms with Gasteiger partial charge in [0.05, 0.1) is 0 Å². The molecule has 1 amide bonds. The van der Waals surface area contributed by atoms with E-state index in [0.717, 1.165) is 23.5 Å². The van der Waals surface area contributed by atoms with Gasteiger partial charge in [-0.2, -0.15) is 0 Å². The minimum absolute atomic E-state index is 0.0874. The number of carboxylic acids is 1. The molecule has 0 bridgehead atoms. The third kappa shape index (κ3) is 4.10. The van der Waals surface area contributed by atoms with Gasteiger partial charge in [-0.15, -0.1) is 11.3 Å². The van der Waals surface area contributed by atoms with Crippen LogP contribution >= 0.6 is 11.3 Å². The lowest BCUT2D eigenvalue weighted by Gasteiger charge is -2.18. The van der Waals surface area contributed by atoms with Crippen LogP contribution in [0.3, 0.4) is 0 Å². The number of carboxylic acid groups (broad SMARTS) is 1.